The summed E-state index contributed by atoms with van der Waals surface area (Å²) in [6.07, 6.45) is 2.20. The van der Waals surface area contributed by atoms with Crippen LogP contribution in [-0.4, -0.2) is 110 Å². The van der Waals surface area contributed by atoms with Crippen molar-refractivity contribution in [2.45, 2.75) is 44.4 Å². The van der Waals surface area contributed by atoms with Crippen LogP contribution in [0.3, 0.4) is 0 Å². The lowest BCUT2D eigenvalue weighted by atomic mass is 10.0. The summed E-state index contributed by atoms with van der Waals surface area (Å²) < 4.78 is 24.9. The van der Waals surface area contributed by atoms with Crippen molar-refractivity contribution in [3.63, 3.8) is 0 Å². The third kappa shape index (κ3) is 6.43. The molecule has 0 saturated carbocycles. The predicted molar refractivity (Wildman–Crippen MR) is 149 cm³/mol. The third-order valence-corrected chi connectivity index (χ3v) is 7.99. The molecule has 1 aromatic heterocycles. The van der Waals surface area contributed by atoms with Crippen molar-refractivity contribution in [2.24, 2.45) is 0 Å². The Bertz CT molecular complexity index is 1200. The Kier molecular flexibility index (Phi) is 8.94. The topological polar surface area (TPSA) is 99.3 Å². The number of likely N-dealkylation sites (N-methyl/N-ethyl adjacent to an activating group) is 1. The van der Waals surface area contributed by atoms with E-state index in [9.17, 15) is 14.0 Å². The zero-order valence-electron chi connectivity index (χ0n) is 23.4. The second kappa shape index (κ2) is 12.6. The molecule has 2 amide bonds. The van der Waals surface area contributed by atoms with Crippen molar-refractivity contribution in [1.82, 2.24) is 25.4 Å². The number of nitrogens with zero attached hydrogens (tertiary/aromatic N) is 4. The molecule has 216 valence electrons. The maximum atomic E-state index is 14.1. The number of benzene rings is 1. The number of anilines is 1. The average Bonchev–Trinajstić information content (AvgIpc) is 2.95. The molecule has 0 aliphatic carbocycles. The van der Waals surface area contributed by atoms with Crippen LogP contribution in [0.4, 0.5) is 10.1 Å². The molecule has 2 aromatic rings. The summed E-state index contributed by atoms with van der Waals surface area (Å²) in [5.74, 6) is -0.443. The van der Waals surface area contributed by atoms with Gasteiger partial charge in [0.15, 0.2) is 0 Å². The fraction of sp³-hybridized carbons (Fsp3) is 0.552. The van der Waals surface area contributed by atoms with Crippen LogP contribution in [0.2, 0.25) is 0 Å². The Morgan fingerprint density at radius 3 is 2.70 bits per heavy atom. The van der Waals surface area contributed by atoms with Crippen LogP contribution >= 0.6 is 0 Å². The highest BCUT2D eigenvalue weighted by atomic mass is 19.1. The van der Waals surface area contributed by atoms with Crippen molar-refractivity contribution in [3.8, 4) is 5.88 Å². The summed E-state index contributed by atoms with van der Waals surface area (Å²) in [5, 5.41) is 6.24. The first-order valence-corrected chi connectivity index (χ1v) is 14.0. The molecule has 40 heavy (non-hydrogen) atoms. The Labute approximate surface area is 234 Å². The van der Waals surface area contributed by atoms with Gasteiger partial charge in [0.2, 0.25) is 17.7 Å². The number of fused-ring (bicyclic) bond motifs is 1. The average molecular weight is 555 g/mol. The lowest BCUT2D eigenvalue weighted by Gasteiger charge is -2.44. The summed E-state index contributed by atoms with van der Waals surface area (Å²) in [4.78, 5) is 37.7. The van der Waals surface area contributed by atoms with E-state index in [2.05, 4.69) is 39.3 Å². The first kappa shape index (κ1) is 28.4. The highest BCUT2D eigenvalue weighted by Crippen LogP contribution is 2.34. The minimum absolute atomic E-state index is 0.0232. The molecule has 3 aliphatic heterocycles. The van der Waals surface area contributed by atoms with Gasteiger partial charge in [0.25, 0.3) is 0 Å². The number of hydrogen-bond donors (Lipinski definition) is 2. The fourth-order valence-corrected chi connectivity index (χ4v) is 5.73. The molecular weight excluding hydrogens is 515 g/mol. The van der Waals surface area contributed by atoms with Crippen LogP contribution in [0.5, 0.6) is 5.88 Å². The number of aromatic nitrogens is 1. The van der Waals surface area contributed by atoms with E-state index in [4.69, 9.17) is 9.47 Å². The van der Waals surface area contributed by atoms with E-state index in [0.29, 0.717) is 37.2 Å². The lowest BCUT2D eigenvalue weighted by molar-refractivity contribution is -0.128. The van der Waals surface area contributed by atoms with E-state index in [1.807, 2.05) is 6.07 Å². The molecule has 0 bridgehead atoms. The molecule has 1 unspecified atom stereocenters. The monoisotopic (exact) mass is 554 g/mol. The van der Waals surface area contributed by atoms with Crippen molar-refractivity contribution < 1.29 is 23.5 Å². The Balaban J connectivity index is 1.39. The number of rotatable bonds is 7. The summed E-state index contributed by atoms with van der Waals surface area (Å²) in [6, 6.07) is 8.03. The van der Waals surface area contributed by atoms with Gasteiger partial charge in [-0.1, -0.05) is 12.1 Å². The highest BCUT2D eigenvalue weighted by Gasteiger charge is 2.39. The number of hydrogen-bond acceptors (Lipinski definition) is 8. The van der Waals surface area contributed by atoms with Gasteiger partial charge in [-0.15, -0.1) is 0 Å². The van der Waals surface area contributed by atoms with E-state index in [1.165, 1.54) is 12.1 Å². The molecule has 1 aromatic carbocycles. The molecule has 4 heterocycles. The van der Waals surface area contributed by atoms with E-state index < -0.39 is 6.04 Å². The standard InChI is InChI=1S/C29H39FN6O4/c1-19-14-35(24(13-32-19)15-34-8-9-39-17-20(34)2)16-27(37)36-25-11-22(10-21-4-6-23(30)7-5-21)12-33-29(25)40-18-26(36)28(38)31-3/h4-7,11-12,19-20,24,26,32H,8-10,13-18H2,1-3H3,(H,31,38)/t19-,20-,24-,26?/m1/s1. The molecule has 4 atom stereocenters. The summed E-state index contributed by atoms with van der Waals surface area (Å²) in [6.45, 7) is 9.11. The molecule has 10 nitrogen and oxygen atoms in total. The number of ether oxygens (including phenoxy) is 2. The van der Waals surface area contributed by atoms with Crippen molar-refractivity contribution in [2.75, 3.05) is 64.5 Å². The first-order chi connectivity index (χ1) is 19.3. The zero-order chi connectivity index (χ0) is 28.2. The predicted octanol–water partition coefficient (Wildman–Crippen LogP) is 1.03. The number of halogens is 1. The van der Waals surface area contributed by atoms with Crippen LogP contribution in [-0.2, 0) is 20.7 Å². The van der Waals surface area contributed by atoms with Crippen LogP contribution in [0, 0.1) is 5.82 Å². The van der Waals surface area contributed by atoms with Crippen molar-refractivity contribution >= 4 is 17.5 Å². The summed E-state index contributed by atoms with van der Waals surface area (Å²) in [5.41, 5.74) is 2.22. The van der Waals surface area contributed by atoms with E-state index in [0.717, 1.165) is 37.3 Å². The largest absolute Gasteiger partial charge is 0.473 e. The Morgan fingerprint density at radius 2 is 1.95 bits per heavy atom. The zero-order valence-corrected chi connectivity index (χ0v) is 23.4. The van der Waals surface area contributed by atoms with Crippen molar-refractivity contribution in [3.05, 3.63) is 53.5 Å². The number of morpholine rings is 1. The number of amides is 2. The number of carbonyl (C=O) groups excluding carboxylic acids is 2. The SMILES string of the molecule is CNC(=O)C1COc2ncc(Cc3ccc(F)cc3)cc2N1C(=O)CN1C[C@@H](C)NC[C@@H]1CN1CCOC[C@H]1C. The number of carbonyl (C=O) groups is 2. The smallest absolute Gasteiger partial charge is 0.246 e. The van der Waals surface area contributed by atoms with Crippen LogP contribution in [0.1, 0.15) is 25.0 Å². The first-order valence-electron chi connectivity index (χ1n) is 14.0. The van der Waals surface area contributed by atoms with Gasteiger partial charge in [-0.05, 0) is 49.6 Å². The quantitative estimate of drug-likeness (QED) is 0.524. The number of nitrogens with one attached hydrogen (secondary N) is 2. The van der Waals surface area contributed by atoms with E-state index >= 15 is 0 Å². The second-order valence-corrected chi connectivity index (χ2v) is 11.0. The van der Waals surface area contributed by atoms with Crippen molar-refractivity contribution in [1.29, 1.82) is 0 Å². The van der Waals surface area contributed by atoms with Gasteiger partial charge in [0.1, 0.15) is 24.2 Å². The van der Waals surface area contributed by atoms with E-state index in [-0.39, 0.29) is 42.9 Å². The Hall–Kier alpha value is -3.12. The fourth-order valence-electron chi connectivity index (χ4n) is 5.73. The van der Waals surface area contributed by atoms with Gasteiger partial charge in [0, 0.05) is 57.5 Å². The molecular formula is C29H39FN6O4. The normalized spacial score (nSPS) is 25.6. The summed E-state index contributed by atoms with van der Waals surface area (Å²) in [7, 11) is 1.56. The van der Waals surface area contributed by atoms with Gasteiger partial charge >= 0.3 is 0 Å². The molecule has 2 N–H and O–H groups in total. The third-order valence-electron chi connectivity index (χ3n) is 7.99. The van der Waals surface area contributed by atoms with Gasteiger partial charge in [-0.3, -0.25) is 24.3 Å². The molecule has 0 spiro atoms. The lowest BCUT2D eigenvalue weighted by Crippen LogP contribution is -2.63. The maximum Gasteiger partial charge on any atom is 0.246 e. The van der Waals surface area contributed by atoms with Crippen LogP contribution in [0.15, 0.2) is 36.5 Å². The number of pyridine rings is 1. The molecule has 5 rings (SSSR count). The van der Waals surface area contributed by atoms with Gasteiger partial charge in [-0.2, -0.15) is 0 Å². The van der Waals surface area contributed by atoms with Crippen LogP contribution in [0.25, 0.3) is 0 Å². The van der Waals surface area contributed by atoms with E-state index in [1.54, 1.807) is 30.3 Å². The van der Waals surface area contributed by atoms with Gasteiger partial charge in [-0.25, -0.2) is 9.37 Å². The van der Waals surface area contributed by atoms with Gasteiger partial charge in [0.05, 0.1) is 19.8 Å². The molecule has 3 aliphatic rings. The Morgan fingerprint density at radius 1 is 1.15 bits per heavy atom. The highest BCUT2D eigenvalue weighted by molar-refractivity contribution is 6.03. The minimum Gasteiger partial charge on any atom is -0.473 e. The molecule has 2 fully saturated rings. The molecule has 0 radical (unpaired) electrons. The molecule has 2 saturated heterocycles. The molecule has 11 heteroatoms. The van der Waals surface area contributed by atoms with Gasteiger partial charge < -0.3 is 20.1 Å². The maximum absolute atomic E-state index is 14.1. The number of piperazine rings is 1. The van der Waals surface area contributed by atoms with Crippen LogP contribution < -0.4 is 20.3 Å². The summed E-state index contributed by atoms with van der Waals surface area (Å²) >= 11 is 0. The second-order valence-electron chi connectivity index (χ2n) is 11.0. The minimum atomic E-state index is -0.814.